The molecule has 0 bridgehead atoms. The molecule has 0 aromatic rings. The van der Waals surface area contributed by atoms with Gasteiger partial charge in [0, 0.05) is 26.2 Å². The van der Waals surface area contributed by atoms with Crippen LogP contribution in [0.25, 0.3) is 0 Å². The van der Waals surface area contributed by atoms with Crippen molar-refractivity contribution in [3.8, 4) is 0 Å². The van der Waals surface area contributed by atoms with E-state index >= 15 is 0 Å². The molecule has 0 spiro atoms. The lowest BCUT2D eigenvalue weighted by Crippen LogP contribution is -2.43. The lowest BCUT2D eigenvalue weighted by molar-refractivity contribution is -0.138. The first-order chi connectivity index (χ1) is 6.90. The van der Waals surface area contributed by atoms with Crippen molar-refractivity contribution in [2.24, 2.45) is 0 Å². The first-order valence-corrected chi connectivity index (χ1v) is 4.81. The number of ether oxygens (including phenoxy) is 1. The Bertz CT molecular complexity index is 158. The van der Waals surface area contributed by atoms with Gasteiger partial charge < -0.3 is 10.1 Å². The zero-order chi connectivity index (χ0) is 11.9. The van der Waals surface area contributed by atoms with Crippen LogP contribution in [-0.4, -0.2) is 58.0 Å². The average molecular weight is 228 g/mol. The fraction of sp³-hybridized carbons (Fsp3) is 1.00. The first kappa shape index (κ1) is 14.7. The predicted molar refractivity (Wildman–Crippen MR) is 52.9 cm³/mol. The Morgan fingerprint density at radius 1 is 1.40 bits per heavy atom. The van der Waals surface area contributed by atoms with Gasteiger partial charge in [0.1, 0.15) is 0 Å². The molecule has 0 radical (unpaired) electrons. The summed E-state index contributed by atoms with van der Waals surface area (Å²) in [6.45, 7) is 1.04. The molecular formula is C9H19F3N2O. The van der Waals surface area contributed by atoms with Crippen molar-refractivity contribution in [3.05, 3.63) is 0 Å². The van der Waals surface area contributed by atoms with Crippen molar-refractivity contribution in [1.29, 1.82) is 0 Å². The van der Waals surface area contributed by atoms with Gasteiger partial charge in [-0.15, -0.1) is 0 Å². The molecule has 0 aliphatic heterocycles. The normalized spacial score (nSPS) is 14.6. The zero-order valence-electron chi connectivity index (χ0n) is 9.40. The van der Waals surface area contributed by atoms with Crippen LogP contribution >= 0.6 is 0 Å². The maximum atomic E-state index is 12.0. The molecule has 1 N–H and O–H groups in total. The molecule has 6 heteroatoms. The van der Waals surface area contributed by atoms with E-state index in [-0.39, 0.29) is 12.6 Å². The maximum Gasteiger partial charge on any atom is 0.390 e. The van der Waals surface area contributed by atoms with Crippen molar-refractivity contribution >= 4 is 0 Å². The second kappa shape index (κ2) is 7.03. The summed E-state index contributed by atoms with van der Waals surface area (Å²) in [5.74, 6) is 0. The molecule has 15 heavy (non-hydrogen) atoms. The third-order valence-electron chi connectivity index (χ3n) is 2.17. The molecule has 0 heterocycles. The highest BCUT2D eigenvalue weighted by atomic mass is 19.4. The minimum Gasteiger partial charge on any atom is -0.383 e. The highest BCUT2D eigenvalue weighted by Gasteiger charge is 2.28. The van der Waals surface area contributed by atoms with Crippen molar-refractivity contribution in [1.82, 2.24) is 10.2 Å². The van der Waals surface area contributed by atoms with Crippen LogP contribution < -0.4 is 5.32 Å². The number of nitrogens with one attached hydrogen (secondary N) is 1. The zero-order valence-corrected chi connectivity index (χ0v) is 9.40. The Morgan fingerprint density at radius 2 is 2.00 bits per heavy atom. The Labute approximate surface area is 88.6 Å². The summed E-state index contributed by atoms with van der Waals surface area (Å²) in [6, 6.07) is -0.0256. The molecule has 0 saturated carbocycles. The fourth-order valence-corrected chi connectivity index (χ4v) is 1.26. The number of hydrogen-bond acceptors (Lipinski definition) is 3. The number of rotatable bonds is 7. The fourth-order valence-electron chi connectivity index (χ4n) is 1.26. The number of alkyl halides is 3. The van der Waals surface area contributed by atoms with Crippen LogP contribution in [0.15, 0.2) is 0 Å². The van der Waals surface area contributed by atoms with Gasteiger partial charge >= 0.3 is 6.18 Å². The van der Waals surface area contributed by atoms with E-state index in [1.54, 1.807) is 26.1 Å². The second-order valence-electron chi connectivity index (χ2n) is 3.51. The van der Waals surface area contributed by atoms with E-state index in [2.05, 4.69) is 5.32 Å². The second-order valence-corrected chi connectivity index (χ2v) is 3.51. The van der Waals surface area contributed by atoms with Gasteiger partial charge in [-0.2, -0.15) is 13.2 Å². The molecule has 0 aromatic carbocycles. The molecule has 0 saturated heterocycles. The Kier molecular flexibility index (Phi) is 6.87. The van der Waals surface area contributed by atoms with Gasteiger partial charge in [-0.3, -0.25) is 4.90 Å². The summed E-state index contributed by atoms with van der Waals surface area (Å²) in [7, 11) is 4.98. The molecule has 92 valence electrons. The summed E-state index contributed by atoms with van der Waals surface area (Å²) in [6.07, 6.45) is -4.88. The highest BCUT2D eigenvalue weighted by Crippen LogP contribution is 2.19. The van der Waals surface area contributed by atoms with Crippen LogP contribution in [0.4, 0.5) is 13.2 Å². The number of hydrogen-bond donors (Lipinski definition) is 1. The Hall–Kier alpha value is -0.330. The summed E-state index contributed by atoms with van der Waals surface area (Å²) >= 11 is 0. The van der Waals surface area contributed by atoms with Gasteiger partial charge in [-0.25, -0.2) is 0 Å². The Morgan fingerprint density at radius 3 is 2.40 bits per heavy atom. The van der Waals surface area contributed by atoms with E-state index < -0.39 is 12.6 Å². The third-order valence-corrected chi connectivity index (χ3v) is 2.17. The molecule has 1 unspecified atom stereocenters. The van der Waals surface area contributed by atoms with Crippen LogP contribution in [0.1, 0.15) is 6.42 Å². The van der Waals surface area contributed by atoms with Crippen molar-refractivity contribution in [2.75, 3.05) is 40.9 Å². The smallest absolute Gasteiger partial charge is 0.383 e. The molecule has 0 amide bonds. The molecule has 0 rings (SSSR count). The average Bonchev–Trinajstić information content (AvgIpc) is 2.13. The summed E-state index contributed by atoms with van der Waals surface area (Å²) in [5, 5.41) is 2.93. The standard InChI is InChI=1S/C9H19F3N2O/c1-13-6-8(7-15-3)14(2)5-4-9(10,11)12/h8,13H,4-7H2,1-3H3. The van der Waals surface area contributed by atoms with Crippen LogP contribution in [0.2, 0.25) is 0 Å². The number of likely N-dealkylation sites (N-methyl/N-ethyl adjacent to an activating group) is 2. The largest absolute Gasteiger partial charge is 0.390 e. The monoisotopic (exact) mass is 228 g/mol. The van der Waals surface area contributed by atoms with E-state index in [9.17, 15) is 13.2 Å². The van der Waals surface area contributed by atoms with Gasteiger partial charge in [0.05, 0.1) is 13.0 Å². The van der Waals surface area contributed by atoms with Crippen molar-refractivity contribution in [2.45, 2.75) is 18.6 Å². The quantitative estimate of drug-likeness (QED) is 0.706. The topological polar surface area (TPSA) is 24.5 Å². The van der Waals surface area contributed by atoms with E-state index in [0.717, 1.165) is 0 Å². The van der Waals surface area contributed by atoms with Gasteiger partial charge in [-0.05, 0) is 14.1 Å². The highest BCUT2D eigenvalue weighted by molar-refractivity contribution is 4.71. The van der Waals surface area contributed by atoms with Gasteiger partial charge in [-0.1, -0.05) is 0 Å². The number of halogens is 3. The summed E-state index contributed by atoms with van der Waals surface area (Å²) in [4.78, 5) is 1.66. The lowest BCUT2D eigenvalue weighted by Gasteiger charge is -2.27. The SMILES string of the molecule is CNCC(COC)N(C)CCC(F)(F)F. The lowest BCUT2D eigenvalue weighted by atomic mass is 10.2. The van der Waals surface area contributed by atoms with Crippen molar-refractivity contribution in [3.63, 3.8) is 0 Å². The van der Waals surface area contributed by atoms with Crippen LogP contribution in [0.5, 0.6) is 0 Å². The molecule has 0 aromatic heterocycles. The maximum absolute atomic E-state index is 12.0. The Balaban J connectivity index is 3.96. The molecule has 0 fully saturated rings. The summed E-state index contributed by atoms with van der Waals surface area (Å²) < 4.78 is 40.9. The van der Waals surface area contributed by atoms with E-state index in [0.29, 0.717) is 13.2 Å². The van der Waals surface area contributed by atoms with E-state index in [4.69, 9.17) is 4.74 Å². The van der Waals surface area contributed by atoms with Crippen molar-refractivity contribution < 1.29 is 17.9 Å². The van der Waals surface area contributed by atoms with Gasteiger partial charge in [0.25, 0.3) is 0 Å². The van der Waals surface area contributed by atoms with E-state index in [1.807, 2.05) is 0 Å². The first-order valence-electron chi connectivity index (χ1n) is 4.81. The number of methoxy groups -OCH3 is 1. The molecule has 1 atom stereocenters. The molecule has 0 aliphatic carbocycles. The van der Waals surface area contributed by atoms with Crippen LogP contribution in [-0.2, 0) is 4.74 Å². The summed E-state index contributed by atoms with van der Waals surface area (Å²) in [5.41, 5.74) is 0. The third kappa shape index (κ3) is 7.58. The van der Waals surface area contributed by atoms with Crippen LogP contribution in [0, 0.1) is 0 Å². The predicted octanol–water partition coefficient (Wildman–Crippen LogP) is 1.10. The molecule has 3 nitrogen and oxygen atoms in total. The van der Waals surface area contributed by atoms with E-state index in [1.165, 1.54) is 0 Å². The van der Waals surface area contributed by atoms with Crippen LogP contribution in [0.3, 0.4) is 0 Å². The van der Waals surface area contributed by atoms with Gasteiger partial charge in [0.2, 0.25) is 0 Å². The molecule has 0 aliphatic rings. The number of nitrogens with zero attached hydrogens (tertiary/aromatic N) is 1. The molecular weight excluding hydrogens is 209 g/mol. The minimum atomic E-state index is -4.09. The van der Waals surface area contributed by atoms with Gasteiger partial charge in [0.15, 0.2) is 0 Å². The minimum absolute atomic E-state index is 0.000787.